The molecule has 1 heterocycles. The van der Waals surface area contributed by atoms with Gasteiger partial charge in [-0.25, -0.2) is 0 Å². The lowest BCUT2D eigenvalue weighted by molar-refractivity contribution is -0.136. The molecule has 0 radical (unpaired) electrons. The number of carbonyl (C=O) groups is 1. The minimum Gasteiger partial charge on any atom is -0.493 e. The van der Waals surface area contributed by atoms with Crippen molar-refractivity contribution in [3.05, 3.63) is 59.7 Å². The van der Waals surface area contributed by atoms with E-state index in [1.807, 2.05) is 60.5 Å². The summed E-state index contributed by atoms with van der Waals surface area (Å²) in [5, 5.41) is 0. The van der Waals surface area contributed by atoms with Gasteiger partial charge in [0.25, 0.3) is 0 Å². The number of rotatable bonds is 7. The minimum atomic E-state index is -0.319. The number of methoxy groups -OCH3 is 2. The fourth-order valence-electron chi connectivity index (χ4n) is 3.77. The highest BCUT2D eigenvalue weighted by Gasteiger charge is 2.31. The third kappa shape index (κ3) is 4.25. The topological polar surface area (TPSA) is 42.0 Å². The van der Waals surface area contributed by atoms with Crippen molar-refractivity contribution in [1.82, 2.24) is 9.80 Å². The van der Waals surface area contributed by atoms with Crippen LogP contribution in [0.25, 0.3) is 0 Å². The first-order valence-electron chi connectivity index (χ1n) is 9.39. The number of likely N-dealkylation sites (N-methyl/N-ethyl adjacent to an activating group) is 1. The second kappa shape index (κ2) is 8.91. The predicted octanol–water partition coefficient (Wildman–Crippen LogP) is 3.50. The highest BCUT2D eigenvalue weighted by molar-refractivity contribution is 5.83. The van der Waals surface area contributed by atoms with E-state index in [2.05, 4.69) is 4.90 Å². The summed E-state index contributed by atoms with van der Waals surface area (Å²) in [5.41, 5.74) is 2.01. The van der Waals surface area contributed by atoms with E-state index in [1.165, 1.54) is 0 Å². The fourth-order valence-corrected chi connectivity index (χ4v) is 3.77. The Hall–Kier alpha value is -2.53. The number of amides is 1. The Morgan fingerprint density at radius 2 is 1.74 bits per heavy atom. The number of hydrogen-bond donors (Lipinski definition) is 0. The van der Waals surface area contributed by atoms with Crippen molar-refractivity contribution in [2.24, 2.45) is 0 Å². The number of para-hydroxylation sites is 1. The second-order valence-electron chi connectivity index (χ2n) is 6.91. The van der Waals surface area contributed by atoms with Crippen LogP contribution in [0.15, 0.2) is 48.5 Å². The smallest absolute Gasteiger partial charge is 0.244 e. The summed E-state index contributed by atoms with van der Waals surface area (Å²) < 4.78 is 11.0. The number of hydrogen-bond acceptors (Lipinski definition) is 4. The lowest BCUT2D eigenvalue weighted by atomic mass is 10.0. The zero-order valence-electron chi connectivity index (χ0n) is 16.4. The predicted molar refractivity (Wildman–Crippen MR) is 106 cm³/mol. The van der Waals surface area contributed by atoms with Crippen molar-refractivity contribution >= 4 is 5.91 Å². The maximum Gasteiger partial charge on any atom is 0.244 e. The molecule has 27 heavy (non-hydrogen) atoms. The Kier molecular flexibility index (Phi) is 6.35. The molecule has 2 aromatic carbocycles. The van der Waals surface area contributed by atoms with Gasteiger partial charge in [0, 0.05) is 25.2 Å². The van der Waals surface area contributed by atoms with Crippen molar-refractivity contribution in [3.8, 4) is 11.5 Å². The van der Waals surface area contributed by atoms with Crippen LogP contribution in [0.3, 0.4) is 0 Å². The molecule has 1 atom stereocenters. The molecule has 5 nitrogen and oxygen atoms in total. The van der Waals surface area contributed by atoms with Crippen LogP contribution in [0.5, 0.6) is 11.5 Å². The third-order valence-corrected chi connectivity index (χ3v) is 5.11. The summed E-state index contributed by atoms with van der Waals surface area (Å²) in [7, 11) is 5.27. The normalized spacial score (nSPS) is 15.0. The Balaban J connectivity index is 1.89. The standard InChI is InChI=1S/C22H28N2O3/c1-23(16-18-12-9-13-19(26-2)21(18)27-3)20(17-10-5-4-6-11-17)22(25)24-14-7-8-15-24/h4-6,9-13,20H,7-8,14-16H2,1-3H3/t20-/m1/s1. The van der Waals surface area contributed by atoms with Gasteiger partial charge in [-0.1, -0.05) is 42.5 Å². The monoisotopic (exact) mass is 368 g/mol. The van der Waals surface area contributed by atoms with Gasteiger partial charge in [0.05, 0.1) is 14.2 Å². The quantitative estimate of drug-likeness (QED) is 0.750. The van der Waals surface area contributed by atoms with Crippen LogP contribution in [-0.2, 0) is 11.3 Å². The largest absolute Gasteiger partial charge is 0.493 e. The molecule has 1 saturated heterocycles. The molecular weight excluding hydrogens is 340 g/mol. The molecule has 0 aliphatic carbocycles. The maximum absolute atomic E-state index is 13.3. The molecule has 1 amide bonds. The molecule has 0 bridgehead atoms. The zero-order chi connectivity index (χ0) is 19.2. The molecule has 0 unspecified atom stereocenters. The van der Waals surface area contributed by atoms with E-state index in [1.54, 1.807) is 14.2 Å². The summed E-state index contributed by atoms with van der Waals surface area (Å²) in [6.07, 6.45) is 2.17. The van der Waals surface area contributed by atoms with Crippen molar-refractivity contribution in [2.45, 2.75) is 25.4 Å². The van der Waals surface area contributed by atoms with Crippen LogP contribution in [-0.4, -0.2) is 50.1 Å². The minimum absolute atomic E-state index is 0.170. The van der Waals surface area contributed by atoms with Gasteiger partial charge in [0.2, 0.25) is 5.91 Å². The number of benzene rings is 2. The van der Waals surface area contributed by atoms with Gasteiger partial charge in [0.15, 0.2) is 11.5 Å². The van der Waals surface area contributed by atoms with E-state index in [4.69, 9.17) is 9.47 Å². The number of likely N-dealkylation sites (tertiary alicyclic amines) is 1. The van der Waals surface area contributed by atoms with Gasteiger partial charge in [-0.05, 0) is 31.5 Å². The van der Waals surface area contributed by atoms with Crippen molar-refractivity contribution in [1.29, 1.82) is 0 Å². The molecule has 0 N–H and O–H groups in total. The zero-order valence-corrected chi connectivity index (χ0v) is 16.4. The number of carbonyl (C=O) groups excluding carboxylic acids is 1. The van der Waals surface area contributed by atoms with Crippen LogP contribution in [0.1, 0.15) is 30.0 Å². The summed E-state index contributed by atoms with van der Waals surface area (Å²) >= 11 is 0. The lowest BCUT2D eigenvalue weighted by Crippen LogP contribution is -2.40. The Bertz CT molecular complexity index is 757. The molecule has 0 saturated carbocycles. The first-order chi connectivity index (χ1) is 13.2. The van der Waals surface area contributed by atoms with Gasteiger partial charge in [-0.2, -0.15) is 0 Å². The van der Waals surface area contributed by atoms with Crippen LogP contribution in [0, 0.1) is 0 Å². The molecule has 1 fully saturated rings. The first-order valence-corrected chi connectivity index (χ1v) is 9.39. The van der Waals surface area contributed by atoms with Gasteiger partial charge in [-0.15, -0.1) is 0 Å². The van der Waals surface area contributed by atoms with E-state index in [9.17, 15) is 4.79 Å². The van der Waals surface area contributed by atoms with E-state index in [0.29, 0.717) is 18.0 Å². The highest BCUT2D eigenvalue weighted by atomic mass is 16.5. The third-order valence-electron chi connectivity index (χ3n) is 5.11. The van der Waals surface area contributed by atoms with Gasteiger partial charge in [-0.3, -0.25) is 9.69 Å². The molecule has 2 aromatic rings. The summed E-state index contributed by atoms with van der Waals surface area (Å²) in [6.45, 7) is 2.27. The molecule has 1 aliphatic heterocycles. The van der Waals surface area contributed by atoms with Crippen molar-refractivity contribution in [3.63, 3.8) is 0 Å². The Labute approximate surface area is 161 Å². The molecular formula is C22H28N2O3. The van der Waals surface area contributed by atoms with E-state index in [0.717, 1.165) is 37.1 Å². The molecule has 0 aromatic heterocycles. The lowest BCUT2D eigenvalue weighted by Gasteiger charge is -2.31. The van der Waals surface area contributed by atoms with E-state index in [-0.39, 0.29) is 11.9 Å². The highest BCUT2D eigenvalue weighted by Crippen LogP contribution is 2.33. The molecule has 3 rings (SSSR count). The van der Waals surface area contributed by atoms with Crippen LogP contribution in [0.4, 0.5) is 0 Å². The molecule has 144 valence electrons. The van der Waals surface area contributed by atoms with Crippen LogP contribution >= 0.6 is 0 Å². The summed E-state index contributed by atoms with van der Waals surface area (Å²) in [6, 6.07) is 15.5. The van der Waals surface area contributed by atoms with Crippen molar-refractivity contribution in [2.75, 3.05) is 34.4 Å². The molecule has 0 spiro atoms. The number of ether oxygens (including phenoxy) is 2. The average Bonchev–Trinajstić information content (AvgIpc) is 3.23. The molecule has 1 aliphatic rings. The second-order valence-corrected chi connectivity index (χ2v) is 6.91. The van der Waals surface area contributed by atoms with Crippen LogP contribution in [0.2, 0.25) is 0 Å². The summed E-state index contributed by atoms with van der Waals surface area (Å²) in [5.74, 6) is 1.58. The van der Waals surface area contributed by atoms with Gasteiger partial charge in [0.1, 0.15) is 6.04 Å². The maximum atomic E-state index is 13.3. The number of nitrogens with zero attached hydrogens (tertiary/aromatic N) is 2. The van der Waals surface area contributed by atoms with Gasteiger partial charge >= 0.3 is 0 Å². The fraction of sp³-hybridized carbons (Fsp3) is 0.409. The SMILES string of the molecule is COc1cccc(CN(C)[C@@H](C(=O)N2CCCC2)c2ccccc2)c1OC. The molecule has 5 heteroatoms. The van der Waals surface area contributed by atoms with Crippen molar-refractivity contribution < 1.29 is 14.3 Å². The van der Waals surface area contributed by atoms with Gasteiger partial charge < -0.3 is 14.4 Å². The Morgan fingerprint density at radius 3 is 2.37 bits per heavy atom. The van der Waals surface area contributed by atoms with E-state index < -0.39 is 0 Å². The Morgan fingerprint density at radius 1 is 1.04 bits per heavy atom. The average molecular weight is 368 g/mol. The van der Waals surface area contributed by atoms with E-state index >= 15 is 0 Å². The summed E-state index contributed by atoms with van der Waals surface area (Å²) in [4.78, 5) is 17.4. The first kappa shape index (κ1) is 19.2. The van der Waals surface area contributed by atoms with Crippen LogP contribution < -0.4 is 9.47 Å².